The van der Waals surface area contributed by atoms with Gasteiger partial charge in [0.1, 0.15) is 0 Å². The molecule has 0 aromatic heterocycles. The Kier molecular flexibility index (Phi) is 5.67. The summed E-state index contributed by atoms with van der Waals surface area (Å²) in [5, 5.41) is 3.84. The van der Waals surface area contributed by atoms with Gasteiger partial charge < -0.3 is 11.1 Å². The van der Waals surface area contributed by atoms with E-state index in [0.717, 1.165) is 13.1 Å². The van der Waals surface area contributed by atoms with E-state index in [1.165, 1.54) is 38.5 Å². The van der Waals surface area contributed by atoms with Crippen molar-refractivity contribution in [2.45, 2.75) is 71.4 Å². The van der Waals surface area contributed by atoms with E-state index in [-0.39, 0.29) is 5.91 Å². The van der Waals surface area contributed by atoms with Gasteiger partial charge in [0.05, 0.1) is 6.54 Å². The molecule has 0 aromatic rings. The van der Waals surface area contributed by atoms with Gasteiger partial charge in [0, 0.05) is 25.2 Å². The molecule has 0 spiro atoms. The standard InChI is InChI=1S/C17H33N3O/c1-17(2,3)9-13-8-15(19-14-6-4-5-7-14)11-20(10-13)12-16(18)21/h13-15,19H,4-12H2,1-3H3,(H2,18,21). The third-order valence-electron chi connectivity index (χ3n) is 4.72. The molecule has 1 saturated heterocycles. The predicted octanol–water partition coefficient (Wildman–Crippen LogP) is 2.13. The molecule has 0 bridgehead atoms. The second kappa shape index (κ2) is 7.10. The average molecular weight is 295 g/mol. The van der Waals surface area contributed by atoms with Crippen LogP contribution < -0.4 is 11.1 Å². The van der Waals surface area contributed by atoms with Crippen molar-refractivity contribution in [3.05, 3.63) is 0 Å². The van der Waals surface area contributed by atoms with Crippen LogP contribution in [0.5, 0.6) is 0 Å². The van der Waals surface area contributed by atoms with E-state index >= 15 is 0 Å². The number of rotatable bonds is 5. The van der Waals surface area contributed by atoms with E-state index in [9.17, 15) is 4.79 Å². The number of hydrogen-bond donors (Lipinski definition) is 2. The number of nitrogens with zero attached hydrogens (tertiary/aromatic N) is 1. The lowest BCUT2D eigenvalue weighted by Gasteiger charge is -2.40. The van der Waals surface area contributed by atoms with Gasteiger partial charge in [-0.25, -0.2) is 0 Å². The molecule has 1 aliphatic carbocycles. The van der Waals surface area contributed by atoms with Gasteiger partial charge in [-0.05, 0) is 37.0 Å². The van der Waals surface area contributed by atoms with Crippen LogP contribution in [0.3, 0.4) is 0 Å². The van der Waals surface area contributed by atoms with Gasteiger partial charge in [0.15, 0.2) is 0 Å². The Morgan fingerprint density at radius 1 is 1.19 bits per heavy atom. The lowest BCUT2D eigenvalue weighted by atomic mass is 9.80. The number of piperidine rings is 1. The maximum absolute atomic E-state index is 11.3. The fourth-order valence-corrected chi connectivity index (χ4v) is 4.21. The highest BCUT2D eigenvalue weighted by Crippen LogP contribution is 2.31. The molecule has 1 heterocycles. The SMILES string of the molecule is CC(C)(C)CC1CC(NC2CCCC2)CN(CC(N)=O)C1. The first-order valence-corrected chi connectivity index (χ1v) is 8.58. The highest BCUT2D eigenvalue weighted by Gasteiger charge is 2.31. The summed E-state index contributed by atoms with van der Waals surface area (Å²) in [4.78, 5) is 13.5. The van der Waals surface area contributed by atoms with Crippen molar-refractivity contribution in [1.29, 1.82) is 0 Å². The summed E-state index contributed by atoms with van der Waals surface area (Å²) in [6.07, 6.45) is 7.81. The first-order valence-electron chi connectivity index (χ1n) is 8.58. The van der Waals surface area contributed by atoms with Gasteiger partial charge in [-0.3, -0.25) is 9.69 Å². The zero-order valence-electron chi connectivity index (χ0n) is 14.0. The minimum Gasteiger partial charge on any atom is -0.369 e. The summed E-state index contributed by atoms with van der Waals surface area (Å²) >= 11 is 0. The van der Waals surface area contributed by atoms with E-state index in [1.807, 2.05) is 0 Å². The molecule has 3 N–H and O–H groups in total. The topological polar surface area (TPSA) is 58.4 Å². The fourth-order valence-electron chi connectivity index (χ4n) is 4.21. The third kappa shape index (κ3) is 5.95. The summed E-state index contributed by atoms with van der Waals surface area (Å²) in [6, 6.07) is 1.22. The normalized spacial score (nSPS) is 28.9. The Morgan fingerprint density at radius 2 is 1.86 bits per heavy atom. The van der Waals surface area contributed by atoms with Gasteiger partial charge in [-0.15, -0.1) is 0 Å². The van der Waals surface area contributed by atoms with E-state index in [4.69, 9.17) is 5.73 Å². The minimum absolute atomic E-state index is 0.203. The van der Waals surface area contributed by atoms with E-state index in [0.29, 0.717) is 30.0 Å². The van der Waals surface area contributed by atoms with Crippen molar-refractivity contribution in [1.82, 2.24) is 10.2 Å². The van der Waals surface area contributed by atoms with Gasteiger partial charge in [-0.1, -0.05) is 33.6 Å². The quantitative estimate of drug-likeness (QED) is 0.817. The second-order valence-electron chi connectivity index (χ2n) is 8.37. The van der Waals surface area contributed by atoms with E-state index in [2.05, 4.69) is 31.0 Å². The highest BCUT2D eigenvalue weighted by molar-refractivity contribution is 5.75. The van der Waals surface area contributed by atoms with E-state index < -0.39 is 0 Å². The lowest BCUT2D eigenvalue weighted by molar-refractivity contribution is -0.119. The molecule has 2 fully saturated rings. The fraction of sp³-hybridized carbons (Fsp3) is 0.941. The summed E-state index contributed by atoms with van der Waals surface area (Å²) in [7, 11) is 0. The molecule has 2 atom stereocenters. The summed E-state index contributed by atoms with van der Waals surface area (Å²) < 4.78 is 0. The van der Waals surface area contributed by atoms with Crippen LogP contribution in [0.4, 0.5) is 0 Å². The first-order chi connectivity index (χ1) is 9.82. The average Bonchev–Trinajstić information content (AvgIpc) is 2.77. The van der Waals surface area contributed by atoms with Crippen molar-refractivity contribution in [3.8, 4) is 0 Å². The maximum atomic E-state index is 11.3. The second-order valence-corrected chi connectivity index (χ2v) is 8.37. The number of carbonyl (C=O) groups is 1. The first kappa shape index (κ1) is 16.8. The molecule has 2 unspecified atom stereocenters. The Balaban J connectivity index is 1.93. The summed E-state index contributed by atoms with van der Waals surface area (Å²) in [5.41, 5.74) is 5.75. The Bertz CT molecular complexity index is 344. The highest BCUT2D eigenvalue weighted by atomic mass is 16.1. The number of hydrogen-bond acceptors (Lipinski definition) is 3. The lowest BCUT2D eigenvalue weighted by Crippen LogP contribution is -2.53. The van der Waals surface area contributed by atoms with Crippen LogP contribution in [0, 0.1) is 11.3 Å². The van der Waals surface area contributed by atoms with Crippen LogP contribution in [0.2, 0.25) is 0 Å². The monoisotopic (exact) mass is 295 g/mol. The van der Waals surface area contributed by atoms with Crippen LogP contribution in [-0.2, 0) is 4.79 Å². The van der Waals surface area contributed by atoms with Crippen LogP contribution >= 0.6 is 0 Å². The number of nitrogens with two attached hydrogens (primary N) is 1. The number of nitrogens with one attached hydrogen (secondary N) is 1. The van der Waals surface area contributed by atoms with Crippen LogP contribution in [-0.4, -0.2) is 42.5 Å². The number of amides is 1. The number of primary amides is 1. The Hall–Kier alpha value is -0.610. The molecule has 122 valence electrons. The molecule has 0 radical (unpaired) electrons. The molecular weight excluding hydrogens is 262 g/mol. The molecule has 4 nitrogen and oxygen atoms in total. The molecule has 21 heavy (non-hydrogen) atoms. The smallest absolute Gasteiger partial charge is 0.231 e. The van der Waals surface area contributed by atoms with Crippen LogP contribution in [0.25, 0.3) is 0 Å². The molecule has 2 aliphatic rings. The molecule has 4 heteroatoms. The van der Waals surface area contributed by atoms with Crippen molar-refractivity contribution < 1.29 is 4.79 Å². The third-order valence-corrected chi connectivity index (χ3v) is 4.72. The van der Waals surface area contributed by atoms with Crippen molar-refractivity contribution in [2.24, 2.45) is 17.1 Å². The van der Waals surface area contributed by atoms with Crippen molar-refractivity contribution >= 4 is 5.91 Å². The Morgan fingerprint density at radius 3 is 2.43 bits per heavy atom. The molecule has 0 aromatic carbocycles. The molecule has 2 rings (SSSR count). The zero-order valence-corrected chi connectivity index (χ0v) is 14.0. The van der Waals surface area contributed by atoms with Gasteiger partial charge >= 0.3 is 0 Å². The molecule has 1 amide bonds. The van der Waals surface area contributed by atoms with Crippen LogP contribution in [0.1, 0.15) is 59.3 Å². The number of carbonyl (C=O) groups excluding carboxylic acids is 1. The molecule has 1 aliphatic heterocycles. The van der Waals surface area contributed by atoms with Crippen LogP contribution in [0.15, 0.2) is 0 Å². The predicted molar refractivity (Wildman–Crippen MR) is 87.0 cm³/mol. The maximum Gasteiger partial charge on any atom is 0.231 e. The summed E-state index contributed by atoms with van der Waals surface area (Å²) in [6.45, 7) is 9.31. The van der Waals surface area contributed by atoms with Gasteiger partial charge in [0.2, 0.25) is 5.91 Å². The van der Waals surface area contributed by atoms with Crippen molar-refractivity contribution in [2.75, 3.05) is 19.6 Å². The van der Waals surface area contributed by atoms with Gasteiger partial charge in [-0.2, -0.15) is 0 Å². The van der Waals surface area contributed by atoms with Crippen molar-refractivity contribution in [3.63, 3.8) is 0 Å². The number of likely N-dealkylation sites (tertiary alicyclic amines) is 1. The molecular formula is C17H33N3O. The summed E-state index contributed by atoms with van der Waals surface area (Å²) in [5.74, 6) is 0.461. The zero-order chi connectivity index (χ0) is 15.5. The largest absolute Gasteiger partial charge is 0.369 e. The van der Waals surface area contributed by atoms with Gasteiger partial charge in [0.25, 0.3) is 0 Å². The minimum atomic E-state index is -0.203. The molecule has 1 saturated carbocycles. The van der Waals surface area contributed by atoms with E-state index in [1.54, 1.807) is 0 Å². The Labute approximate surface area is 129 Å².